The minimum absolute atomic E-state index is 0.180. The van der Waals surface area contributed by atoms with Gasteiger partial charge in [-0.25, -0.2) is 24.4 Å². The van der Waals surface area contributed by atoms with Gasteiger partial charge in [0.2, 0.25) is 0 Å². The van der Waals surface area contributed by atoms with Gasteiger partial charge in [-0.15, -0.1) is 0 Å². The lowest BCUT2D eigenvalue weighted by Gasteiger charge is -2.40. The number of pyridine rings is 1. The molecule has 194 valence electrons. The number of carboxylic acid groups (broad SMARTS) is 1. The fourth-order valence-electron chi connectivity index (χ4n) is 4.28. The number of carbonyl (C=O) groups is 2. The van der Waals surface area contributed by atoms with E-state index in [2.05, 4.69) is 4.98 Å². The Morgan fingerprint density at radius 1 is 1.26 bits per heavy atom. The molecule has 0 unspecified atom stereocenters. The van der Waals surface area contributed by atoms with Crippen LogP contribution in [0.1, 0.15) is 49.9 Å². The van der Waals surface area contributed by atoms with Crippen molar-refractivity contribution in [2.24, 2.45) is 17.5 Å². The maximum Gasteiger partial charge on any atom is 0.410 e. The number of hydrogen-bond donors (Lipinski definition) is 3. The third-order valence-corrected chi connectivity index (χ3v) is 6.56. The summed E-state index contributed by atoms with van der Waals surface area (Å²) in [5.74, 6) is 2.45. The second-order valence-electron chi connectivity index (χ2n) is 9.28. The summed E-state index contributed by atoms with van der Waals surface area (Å²) in [6.07, 6.45) is 0.901. The van der Waals surface area contributed by atoms with E-state index in [1.807, 2.05) is 0 Å². The Hall–Kier alpha value is -3.15. The number of amides is 1. The van der Waals surface area contributed by atoms with E-state index in [4.69, 9.17) is 21.1 Å². The normalized spacial score (nSPS) is 22.5. The van der Waals surface area contributed by atoms with Crippen molar-refractivity contribution < 1.29 is 33.0 Å². The fourth-order valence-corrected chi connectivity index (χ4v) is 4.28. The lowest BCUT2D eigenvalue weighted by molar-refractivity contribution is -0.143. The Bertz CT molecular complexity index is 979. The minimum atomic E-state index is -2.75. The van der Waals surface area contributed by atoms with Crippen LogP contribution in [0.25, 0.3) is 5.70 Å². The summed E-state index contributed by atoms with van der Waals surface area (Å²) in [6.45, 7) is 1.47. The number of rotatable bonds is 8. The van der Waals surface area contributed by atoms with Gasteiger partial charge in [0, 0.05) is 33.0 Å². The van der Waals surface area contributed by atoms with Gasteiger partial charge in [-0.2, -0.15) is 0 Å². The molecule has 0 aromatic carbocycles. The van der Waals surface area contributed by atoms with Crippen LogP contribution in [0.3, 0.4) is 0 Å². The first-order valence-electron chi connectivity index (χ1n) is 11.5. The molecule has 2 atom stereocenters. The number of alkyl halides is 2. The van der Waals surface area contributed by atoms with Gasteiger partial charge in [0.05, 0.1) is 34.8 Å². The Morgan fingerprint density at radius 2 is 1.94 bits per heavy atom. The van der Waals surface area contributed by atoms with Crippen LogP contribution in [0.2, 0.25) is 0 Å². The molecule has 0 radical (unpaired) electrons. The van der Waals surface area contributed by atoms with Gasteiger partial charge in [0.15, 0.2) is 0 Å². The number of nitrogens with two attached hydrogens (primary N) is 2. The molecule has 1 aromatic heterocycles. The largest absolute Gasteiger partial charge is 0.489 e. The van der Waals surface area contributed by atoms with E-state index in [-0.39, 0.29) is 24.1 Å². The van der Waals surface area contributed by atoms with Gasteiger partial charge in [-0.1, -0.05) is 0 Å². The standard InChI is InChI=1S/C23H33F2N5O5/c1-13-19(35-16-6-4-5-14(9-16)21(31)32)8-7-17(28-13)20(26)18(30(3)27)12-34-22(33)29(2)15-10-23(24,25)11-15/h7-8,14-16H,4-6,9-12,26-27H2,1-3H3,(H,31,32)/b20-18-/t14-,16+/m1/s1. The highest BCUT2D eigenvalue weighted by molar-refractivity contribution is 5.70. The van der Waals surface area contributed by atoms with E-state index in [1.54, 1.807) is 19.1 Å². The summed E-state index contributed by atoms with van der Waals surface area (Å²) in [5.41, 5.74) is 7.68. The molecular weight excluding hydrogens is 464 g/mol. The van der Waals surface area contributed by atoms with Crippen molar-refractivity contribution in [3.8, 4) is 5.75 Å². The Morgan fingerprint density at radius 3 is 2.51 bits per heavy atom. The first kappa shape index (κ1) is 26.5. The second-order valence-corrected chi connectivity index (χ2v) is 9.28. The summed E-state index contributed by atoms with van der Waals surface area (Å²) in [7, 11) is 2.94. The van der Waals surface area contributed by atoms with Crippen LogP contribution >= 0.6 is 0 Å². The van der Waals surface area contributed by atoms with Gasteiger partial charge in [0.25, 0.3) is 5.92 Å². The molecule has 0 saturated heterocycles. The van der Waals surface area contributed by atoms with Crippen LogP contribution < -0.4 is 16.3 Å². The number of aliphatic carboxylic acids is 1. The highest BCUT2D eigenvalue weighted by Gasteiger charge is 2.48. The molecular formula is C23H33F2N5O5. The maximum atomic E-state index is 13.1. The van der Waals surface area contributed by atoms with Crippen molar-refractivity contribution in [3.63, 3.8) is 0 Å². The summed E-state index contributed by atoms with van der Waals surface area (Å²) in [5, 5.41) is 10.5. The average Bonchev–Trinajstić information content (AvgIpc) is 2.78. The minimum Gasteiger partial charge on any atom is -0.489 e. The van der Waals surface area contributed by atoms with Gasteiger partial charge in [-0.3, -0.25) is 4.79 Å². The molecule has 0 bridgehead atoms. The number of aryl methyl sites for hydroxylation is 1. The summed E-state index contributed by atoms with van der Waals surface area (Å²) in [4.78, 5) is 29.2. The van der Waals surface area contributed by atoms with Gasteiger partial charge in [0.1, 0.15) is 12.4 Å². The summed E-state index contributed by atoms with van der Waals surface area (Å²) < 4.78 is 37.5. The smallest absolute Gasteiger partial charge is 0.410 e. The second kappa shape index (κ2) is 10.6. The molecule has 2 saturated carbocycles. The van der Waals surface area contributed by atoms with E-state index in [0.717, 1.165) is 17.7 Å². The molecule has 5 N–H and O–H groups in total. The molecule has 0 spiro atoms. The van der Waals surface area contributed by atoms with E-state index in [9.17, 15) is 23.5 Å². The first-order valence-corrected chi connectivity index (χ1v) is 11.5. The van der Waals surface area contributed by atoms with Crippen molar-refractivity contribution in [2.45, 2.75) is 63.5 Å². The van der Waals surface area contributed by atoms with Crippen molar-refractivity contribution in [1.82, 2.24) is 14.9 Å². The highest BCUT2D eigenvalue weighted by Crippen LogP contribution is 2.40. The van der Waals surface area contributed by atoms with Crippen LogP contribution in [0.5, 0.6) is 5.75 Å². The zero-order chi connectivity index (χ0) is 25.9. The highest BCUT2D eigenvalue weighted by atomic mass is 19.3. The molecule has 12 heteroatoms. The lowest BCUT2D eigenvalue weighted by atomic mass is 9.87. The third-order valence-electron chi connectivity index (χ3n) is 6.56. The van der Waals surface area contributed by atoms with Gasteiger partial charge >= 0.3 is 12.1 Å². The van der Waals surface area contributed by atoms with Crippen LogP contribution in [-0.2, 0) is 9.53 Å². The van der Waals surface area contributed by atoms with Crippen molar-refractivity contribution in [2.75, 3.05) is 20.7 Å². The zero-order valence-corrected chi connectivity index (χ0v) is 20.2. The fraction of sp³-hybridized carbons (Fsp3) is 0.609. The van der Waals surface area contributed by atoms with E-state index >= 15 is 0 Å². The molecule has 0 aliphatic heterocycles. The van der Waals surface area contributed by atoms with E-state index in [0.29, 0.717) is 30.0 Å². The van der Waals surface area contributed by atoms with Crippen LogP contribution in [-0.4, -0.2) is 70.8 Å². The molecule has 3 rings (SSSR count). The number of hydrogen-bond acceptors (Lipinski definition) is 8. The Balaban J connectivity index is 1.66. The topological polar surface area (TPSA) is 144 Å². The van der Waals surface area contributed by atoms with E-state index in [1.165, 1.54) is 19.1 Å². The number of aromatic nitrogens is 1. The number of likely N-dealkylation sites (N-methyl/N-ethyl adjacent to an activating group) is 1. The predicted octanol–water partition coefficient (Wildman–Crippen LogP) is 2.71. The summed E-state index contributed by atoms with van der Waals surface area (Å²) in [6, 6.07) is 2.77. The molecule has 2 aliphatic carbocycles. The van der Waals surface area contributed by atoms with Crippen LogP contribution in [0, 0.1) is 12.8 Å². The number of carbonyl (C=O) groups excluding carboxylic acids is 1. The molecule has 10 nitrogen and oxygen atoms in total. The number of nitrogens with zero attached hydrogens (tertiary/aromatic N) is 3. The number of carboxylic acids is 1. The van der Waals surface area contributed by atoms with Crippen LogP contribution in [0.4, 0.5) is 13.6 Å². The molecule has 1 heterocycles. The monoisotopic (exact) mass is 497 g/mol. The molecule has 1 amide bonds. The SMILES string of the molecule is Cc1nc(/C(N)=C(\COC(=O)N(C)C2CC(F)(F)C2)N(C)N)ccc1O[C@H]1CCC[C@@H](C(=O)O)C1. The molecule has 2 fully saturated rings. The summed E-state index contributed by atoms with van der Waals surface area (Å²) >= 11 is 0. The first-order chi connectivity index (χ1) is 16.4. The van der Waals surface area contributed by atoms with Crippen molar-refractivity contribution in [3.05, 3.63) is 29.2 Å². The van der Waals surface area contributed by atoms with E-state index < -0.39 is 42.8 Å². The molecule has 35 heavy (non-hydrogen) atoms. The third kappa shape index (κ3) is 6.50. The quantitative estimate of drug-likeness (QED) is 0.365. The van der Waals surface area contributed by atoms with Gasteiger partial charge in [-0.05, 0) is 44.7 Å². The zero-order valence-electron chi connectivity index (χ0n) is 20.2. The molecule has 2 aliphatic rings. The van der Waals surface area contributed by atoms with Crippen molar-refractivity contribution in [1.29, 1.82) is 0 Å². The number of ether oxygens (including phenoxy) is 2. The maximum absolute atomic E-state index is 13.1. The van der Waals surface area contributed by atoms with Gasteiger partial charge < -0.3 is 30.2 Å². The number of halogens is 2. The average molecular weight is 498 g/mol. The molecule has 1 aromatic rings. The Labute approximate surface area is 202 Å². The predicted molar refractivity (Wildman–Crippen MR) is 123 cm³/mol. The van der Waals surface area contributed by atoms with Crippen LogP contribution in [0.15, 0.2) is 17.8 Å². The number of hydrazine groups is 1. The Kier molecular flexibility index (Phi) is 8.04. The lowest BCUT2D eigenvalue weighted by Crippen LogP contribution is -2.51. The van der Waals surface area contributed by atoms with Crippen molar-refractivity contribution >= 4 is 17.8 Å².